The second-order valence-corrected chi connectivity index (χ2v) is 6.28. The molecule has 3 heteroatoms. The zero-order valence-corrected chi connectivity index (χ0v) is 11.1. The van der Waals surface area contributed by atoms with Crippen molar-refractivity contribution in [1.82, 2.24) is 5.32 Å². The highest BCUT2D eigenvalue weighted by Crippen LogP contribution is 2.27. The molecular weight excluding hydrogens is 200 g/mol. The Morgan fingerprint density at radius 3 is 2.25 bits per heavy atom. The first-order valence-corrected chi connectivity index (χ1v) is 5.77. The summed E-state index contributed by atoms with van der Waals surface area (Å²) >= 11 is 0. The van der Waals surface area contributed by atoms with Crippen LogP contribution in [0.1, 0.15) is 46.8 Å². The summed E-state index contributed by atoms with van der Waals surface area (Å²) in [6, 6.07) is 3.70. The maximum absolute atomic E-state index is 5.53. The van der Waals surface area contributed by atoms with E-state index in [1.54, 1.807) is 6.07 Å². The Labute approximate surface area is 98.4 Å². The Kier molecular flexibility index (Phi) is 3.68. The van der Waals surface area contributed by atoms with Crippen LogP contribution in [0.15, 0.2) is 16.5 Å². The van der Waals surface area contributed by atoms with Crippen molar-refractivity contribution in [2.75, 3.05) is 5.73 Å². The molecule has 16 heavy (non-hydrogen) atoms. The molecule has 0 bridgehead atoms. The molecule has 3 nitrogen and oxygen atoms in total. The molecule has 1 rings (SSSR count). The molecule has 0 aromatic carbocycles. The van der Waals surface area contributed by atoms with E-state index in [9.17, 15) is 0 Å². The molecular formula is C13H24N2O. The van der Waals surface area contributed by atoms with Crippen molar-refractivity contribution in [1.29, 1.82) is 0 Å². The van der Waals surface area contributed by atoms with Crippen molar-refractivity contribution in [3.05, 3.63) is 17.9 Å². The summed E-state index contributed by atoms with van der Waals surface area (Å²) in [4.78, 5) is 0. The lowest BCUT2D eigenvalue weighted by Gasteiger charge is -2.33. The van der Waals surface area contributed by atoms with Crippen LogP contribution in [-0.2, 0) is 6.54 Å². The second-order valence-electron chi connectivity index (χ2n) is 6.28. The summed E-state index contributed by atoms with van der Waals surface area (Å²) in [5.41, 5.74) is 5.94. The van der Waals surface area contributed by atoms with E-state index in [0.717, 1.165) is 18.7 Å². The number of furan rings is 1. The Morgan fingerprint density at radius 1 is 1.19 bits per heavy atom. The summed E-state index contributed by atoms with van der Waals surface area (Å²) in [7, 11) is 0. The summed E-state index contributed by atoms with van der Waals surface area (Å²) in [5, 5.41) is 3.50. The maximum atomic E-state index is 5.53. The van der Waals surface area contributed by atoms with Crippen molar-refractivity contribution < 1.29 is 4.42 Å². The van der Waals surface area contributed by atoms with Crippen LogP contribution in [0.5, 0.6) is 0 Å². The Bertz CT molecular complexity index is 334. The zero-order chi connectivity index (χ0) is 12.4. The SMILES string of the molecule is CC(C)(C)CC(C)(C)NCc1ccc(N)o1. The van der Waals surface area contributed by atoms with Gasteiger partial charge in [-0.25, -0.2) is 0 Å². The summed E-state index contributed by atoms with van der Waals surface area (Å²) in [5.74, 6) is 1.37. The lowest BCUT2D eigenvalue weighted by atomic mass is 9.82. The van der Waals surface area contributed by atoms with Gasteiger partial charge in [0.05, 0.1) is 6.54 Å². The van der Waals surface area contributed by atoms with E-state index < -0.39 is 0 Å². The number of rotatable bonds is 4. The lowest BCUT2D eigenvalue weighted by molar-refractivity contribution is 0.236. The number of nitrogen functional groups attached to an aromatic ring is 1. The predicted octanol–water partition coefficient (Wildman–Crippen LogP) is 3.17. The molecule has 0 atom stereocenters. The van der Waals surface area contributed by atoms with Crippen LogP contribution in [-0.4, -0.2) is 5.54 Å². The molecule has 0 unspecified atom stereocenters. The fourth-order valence-electron chi connectivity index (χ4n) is 2.20. The molecule has 0 fully saturated rings. The Balaban J connectivity index is 2.47. The molecule has 0 aliphatic heterocycles. The van der Waals surface area contributed by atoms with Gasteiger partial charge in [-0.15, -0.1) is 0 Å². The van der Waals surface area contributed by atoms with Gasteiger partial charge in [0.25, 0.3) is 0 Å². The van der Waals surface area contributed by atoms with Crippen LogP contribution in [0.25, 0.3) is 0 Å². The van der Waals surface area contributed by atoms with Gasteiger partial charge in [0.1, 0.15) is 5.76 Å². The van der Waals surface area contributed by atoms with E-state index in [2.05, 4.69) is 39.9 Å². The summed E-state index contributed by atoms with van der Waals surface area (Å²) in [6.45, 7) is 11.9. The first-order chi connectivity index (χ1) is 7.18. The Morgan fingerprint density at radius 2 is 1.81 bits per heavy atom. The molecule has 0 saturated heterocycles. The number of anilines is 1. The third kappa shape index (κ3) is 4.71. The van der Waals surface area contributed by atoms with Gasteiger partial charge >= 0.3 is 0 Å². The van der Waals surface area contributed by atoms with Gasteiger partial charge in [-0.2, -0.15) is 0 Å². The minimum absolute atomic E-state index is 0.0970. The van der Waals surface area contributed by atoms with Crippen molar-refractivity contribution in [3.63, 3.8) is 0 Å². The molecule has 0 radical (unpaired) electrons. The molecule has 0 spiro atoms. The van der Waals surface area contributed by atoms with E-state index in [1.165, 1.54) is 0 Å². The Hall–Kier alpha value is -0.960. The lowest BCUT2D eigenvalue weighted by Crippen LogP contribution is -2.41. The summed E-state index contributed by atoms with van der Waals surface area (Å²) in [6.07, 6.45) is 1.11. The summed E-state index contributed by atoms with van der Waals surface area (Å²) < 4.78 is 5.32. The monoisotopic (exact) mass is 224 g/mol. The third-order valence-corrected chi connectivity index (χ3v) is 2.40. The fourth-order valence-corrected chi connectivity index (χ4v) is 2.20. The van der Waals surface area contributed by atoms with E-state index >= 15 is 0 Å². The second kappa shape index (κ2) is 4.50. The van der Waals surface area contributed by atoms with Gasteiger partial charge in [-0.3, -0.25) is 0 Å². The van der Waals surface area contributed by atoms with Gasteiger partial charge in [0, 0.05) is 11.6 Å². The van der Waals surface area contributed by atoms with Gasteiger partial charge in [-0.1, -0.05) is 20.8 Å². The van der Waals surface area contributed by atoms with Crippen molar-refractivity contribution in [2.24, 2.45) is 5.41 Å². The number of nitrogens with two attached hydrogens (primary N) is 1. The molecule has 0 amide bonds. The van der Waals surface area contributed by atoms with E-state index in [1.807, 2.05) is 6.07 Å². The zero-order valence-electron chi connectivity index (χ0n) is 11.1. The van der Waals surface area contributed by atoms with E-state index in [0.29, 0.717) is 11.3 Å². The largest absolute Gasteiger partial charge is 0.445 e. The van der Waals surface area contributed by atoms with Gasteiger partial charge in [0.2, 0.25) is 0 Å². The third-order valence-electron chi connectivity index (χ3n) is 2.40. The topological polar surface area (TPSA) is 51.2 Å². The van der Waals surface area contributed by atoms with Gasteiger partial charge < -0.3 is 15.5 Å². The quantitative estimate of drug-likeness (QED) is 0.826. The number of hydrogen-bond donors (Lipinski definition) is 2. The van der Waals surface area contributed by atoms with Crippen molar-refractivity contribution in [2.45, 2.75) is 53.1 Å². The number of hydrogen-bond acceptors (Lipinski definition) is 3. The highest BCUT2D eigenvalue weighted by atomic mass is 16.4. The molecule has 0 saturated carbocycles. The van der Waals surface area contributed by atoms with E-state index in [-0.39, 0.29) is 5.54 Å². The molecule has 0 aliphatic carbocycles. The van der Waals surface area contributed by atoms with Crippen LogP contribution in [0, 0.1) is 5.41 Å². The number of nitrogens with one attached hydrogen (secondary N) is 1. The normalized spacial score (nSPS) is 13.1. The first kappa shape index (κ1) is 13.1. The molecule has 92 valence electrons. The standard InChI is InChI=1S/C13H24N2O/c1-12(2,3)9-13(4,5)15-8-10-6-7-11(14)16-10/h6-7,15H,8-9,14H2,1-5H3. The molecule has 3 N–H and O–H groups in total. The van der Waals surface area contributed by atoms with Crippen LogP contribution in [0.2, 0.25) is 0 Å². The highest BCUT2D eigenvalue weighted by Gasteiger charge is 2.24. The van der Waals surface area contributed by atoms with Gasteiger partial charge in [0.15, 0.2) is 5.88 Å². The van der Waals surface area contributed by atoms with E-state index in [4.69, 9.17) is 10.2 Å². The molecule has 1 aromatic heterocycles. The minimum atomic E-state index is 0.0970. The average molecular weight is 224 g/mol. The molecule has 0 aliphatic rings. The minimum Gasteiger partial charge on any atom is -0.445 e. The van der Waals surface area contributed by atoms with Gasteiger partial charge in [-0.05, 0) is 31.7 Å². The average Bonchev–Trinajstić information content (AvgIpc) is 2.44. The van der Waals surface area contributed by atoms with Crippen LogP contribution < -0.4 is 11.1 Å². The maximum Gasteiger partial charge on any atom is 0.190 e. The highest BCUT2D eigenvalue weighted by molar-refractivity contribution is 5.25. The van der Waals surface area contributed by atoms with Crippen LogP contribution in [0.3, 0.4) is 0 Å². The predicted molar refractivity (Wildman–Crippen MR) is 68.1 cm³/mol. The van der Waals surface area contributed by atoms with Crippen LogP contribution in [0.4, 0.5) is 5.88 Å². The first-order valence-electron chi connectivity index (χ1n) is 5.77. The van der Waals surface area contributed by atoms with Crippen molar-refractivity contribution in [3.8, 4) is 0 Å². The molecule has 1 aromatic rings. The fraction of sp³-hybridized carbons (Fsp3) is 0.692. The smallest absolute Gasteiger partial charge is 0.190 e. The van der Waals surface area contributed by atoms with Crippen molar-refractivity contribution >= 4 is 5.88 Å². The molecule has 1 heterocycles. The van der Waals surface area contributed by atoms with Crippen LogP contribution >= 0.6 is 0 Å².